The number of amides is 1. The van der Waals surface area contributed by atoms with E-state index in [1.165, 1.54) is 6.07 Å². The second-order valence-electron chi connectivity index (χ2n) is 8.29. The number of alkyl halides is 2. The number of halogens is 2. The minimum Gasteiger partial charge on any atom is -0.493 e. The molecular formula is C22H35F2NO3. The zero-order valence-electron chi connectivity index (χ0n) is 18.1. The molecule has 160 valence electrons. The van der Waals surface area contributed by atoms with Crippen LogP contribution in [-0.2, 0) is 10.2 Å². The highest BCUT2D eigenvalue weighted by Gasteiger charge is 2.24. The number of carbonyl (C=O) groups is 1. The fourth-order valence-electron chi connectivity index (χ4n) is 2.80. The summed E-state index contributed by atoms with van der Waals surface area (Å²) in [4.78, 5) is 13.2. The summed E-state index contributed by atoms with van der Waals surface area (Å²) in [5, 5.41) is 0. The molecule has 0 fully saturated rings. The molecule has 1 amide bonds. The number of ether oxygens (including phenoxy) is 2. The average molecular weight is 400 g/mol. The number of hydrogen-bond donors (Lipinski definition) is 0. The van der Waals surface area contributed by atoms with Crippen molar-refractivity contribution in [2.24, 2.45) is 0 Å². The van der Waals surface area contributed by atoms with Gasteiger partial charge in [-0.05, 0) is 63.1 Å². The number of unbranched alkanes of at least 4 members (excludes halogenated alkanes) is 1. The molecule has 0 bridgehead atoms. The highest BCUT2D eigenvalue weighted by molar-refractivity contribution is 5.48. The molecule has 0 saturated carbocycles. The van der Waals surface area contributed by atoms with Crippen molar-refractivity contribution in [2.45, 2.75) is 84.8 Å². The van der Waals surface area contributed by atoms with Crippen molar-refractivity contribution in [3.63, 3.8) is 0 Å². The summed E-state index contributed by atoms with van der Waals surface area (Å²) >= 11 is 0. The maximum atomic E-state index is 12.5. The van der Waals surface area contributed by atoms with Crippen LogP contribution in [0.1, 0.15) is 72.8 Å². The van der Waals surface area contributed by atoms with Gasteiger partial charge < -0.3 is 14.4 Å². The summed E-state index contributed by atoms with van der Waals surface area (Å²) in [6.07, 6.45) is 4.27. The fourth-order valence-corrected chi connectivity index (χ4v) is 2.80. The van der Waals surface area contributed by atoms with Gasteiger partial charge in [-0.3, -0.25) is 4.79 Å². The van der Waals surface area contributed by atoms with Crippen LogP contribution in [0.5, 0.6) is 11.5 Å². The van der Waals surface area contributed by atoms with Crippen molar-refractivity contribution >= 4 is 6.41 Å². The highest BCUT2D eigenvalue weighted by Crippen LogP contribution is 2.37. The van der Waals surface area contributed by atoms with Gasteiger partial charge in [-0.1, -0.05) is 27.7 Å². The van der Waals surface area contributed by atoms with Crippen LogP contribution in [0.15, 0.2) is 18.2 Å². The van der Waals surface area contributed by atoms with Crippen LogP contribution in [0.25, 0.3) is 0 Å². The molecule has 0 unspecified atom stereocenters. The average Bonchev–Trinajstić information content (AvgIpc) is 2.64. The predicted molar refractivity (Wildman–Crippen MR) is 108 cm³/mol. The molecule has 1 rings (SSSR count). The first-order chi connectivity index (χ1) is 13.1. The summed E-state index contributed by atoms with van der Waals surface area (Å²) in [5.74, 6) is 0.830. The summed E-state index contributed by atoms with van der Waals surface area (Å²) in [6, 6.07) is 4.85. The SMILES string of the molecule is CCC(C)(C)c1cc(OC(F)F)ccc1OCCCCN(C=O)C(C)(C)CC. The van der Waals surface area contributed by atoms with E-state index in [0.717, 1.165) is 37.7 Å². The topological polar surface area (TPSA) is 38.8 Å². The molecule has 0 heterocycles. The van der Waals surface area contributed by atoms with Crippen LogP contribution in [0.4, 0.5) is 8.78 Å². The third-order valence-electron chi connectivity index (χ3n) is 5.61. The summed E-state index contributed by atoms with van der Waals surface area (Å²) in [5.41, 5.74) is 0.479. The van der Waals surface area contributed by atoms with Gasteiger partial charge in [-0.25, -0.2) is 0 Å². The Morgan fingerprint density at radius 3 is 2.32 bits per heavy atom. The van der Waals surface area contributed by atoms with Crippen molar-refractivity contribution in [3.05, 3.63) is 23.8 Å². The van der Waals surface area contributed by atoms with Crippen molar-refractivity contribution in [3.8, 4) is 11.5 Å². The van der Waals surface area contributed by atoms with Crippen molar-refractivity contribution in [2.75, 3.05) is 13.2 Å². The quantitative estimate of drug-likeness (QED) is 0.312. The fraction of sp³-hybridized carbons (Fsp3) is 0.682. The van der Waals surface area contributed by atoms with Crippen molar-refractivity contribution < 1.29 is 23.0 Å². The zero-order valence-corrected chi connectivity index (χ0v) is 18.1. The summed E-state index contributed by atoms with van der Waals surface area (Å²) < 4.78 is 35.6. The largest absolute Gasteiger partial charge is 0.493 e. The first-order valence-corrected chi connectivity index (χ1v) is 10.0. The zero-order chi connectivity index (χ0) is 21.4. The first-order valence-electron chi connectivity index (χ1n) is 10.0. The van der Waals surface area contributed by atoms with Crippen LogP contribution < -0.4 is 9.47 Å². The number of nitrogens with zero attached hydrogens (tertiary/aromatic N) is 1. The van der Waals surface area contributed by atoms with E-state index in [9.17, 15) is 13.6 Å². The van der Waals surface area contributed by atoms with E-state index >= 15 is 0 Å². The maximum Gasteiger partial charge on any atom is 0.387 e. The minimum atomic E-state index is -2.85. The minimum absolute atomic E-state index is 0.141. The Bertz CT molecular complexity index is 618. The van der Waals surface area contributed by atoms with Gasteiger partial charge in [0.15, 0.2) is 0 Å². The van der Waals surface area contributed by atoms with Gasteiger partial charge in [0.05, 0.1) is 6.61 Å². The van der Waals surface area contributed by atoms with Gasteiger partial charge >= 0.3 is 6.61 Å². The van der Waals surface area contributed by atoms with Gasteiger partial charge in [0.25, 0.3) is 0 Å². The molecule has 0 spiro atoms. The van der Waals surface area contributed by atoms with Gasteiger partial charge in [-0.15, -0.1) is 0 Å². The Morgan fingerprint density at radius 1 is 1.11 bits per heavy atom. The molecule has 0 N–H and O–H groups in total. The van der Waals surface area contributed by atoms with Crippen LogP contribution in [-0.4, -0.2) is 36.6 Å². The molecule has 0 saturated heterocycles. The maximum absolute atomic E-state index is 12.5. The van der Waals surface area contributed by atoms with Crippen LogP contribution in [0.2, 0.25) is 0 Å². The molecule has 1 aromatic carbocycles. The molecule has 4 nitrogen and oxygen atoms in total. The van der Waals surface area contributed by atoms with Crippen LogP contribution in [0.3, 0.4) is 0 Å². The smallest absolute Gasteiger partial charge is 0.387 e. The normalized spacial score (nSPS) is 12.2. The Labute approximate surface area is 168 Å². The Kier molecular flexibility index (Phi) is 9.18. The Hall–Kier alpha value is -1.85. The second-order valence-corrected chi connectivity index (χ2v) is 8.29. The molecule has 0 aromatic heterocycles. The van der Waals surface area contributed by atoms with E-state index in [1.54, 1.807) is 12.1 Å². The number of hydrogen-bond acceptors (Lipinski definition) is 3. The molecule has 0 aliphatic rings. The summed E-state index contributed by atoms with van der Waals surface area (Å²) in [7, 11) is 0. The Morgan fingerprint density at radius 2 is 1.79 bits per heavy atom. The number of carbonyl (C=O) groups excluding carboxylic acids is 1. The van der Waals surface area contributed by atoms with Gasteiger partial charge in [-0.2, -0.15) is 8.78 Å². The lowest BCUT2D eigenvalue weighted by Gasteiger charge is -2.35. The van der Waals surface area contributed by atoms with Gasteiger partial charge in [0, 0.05) is 17.6 Å². The molecule has 0 radical (unpaired) electrons. The highest BCUT2D eigenvalue weighted by atomic mass is 19.3. The molecule has 28 heavy (non-hydrogen) atoms. The van der Waals surface area contributed by atoms with Crippen LogP contribution in [0, 0.1) is 0 Å². The monoisotopic (exact) mass is 399 g/mol. The predicted octanol–water partition coefficient (Wildman–Crippen LogP) is 5.78. The van der Waals surface area contributed by atoms with E-state index < -0.39 is 6.61 Å². The lowest BCUT2D eigenvalue weighted by Crippen LogP contribution is -2.43. The Balaban J connectivity index is 2.72. The summed E-state index contributed by atoms with van der Waals surface area (Å²) in [6.45, 7) is 10.7. The molecule has 6 heteroatoms. The van der Waals surface area contributed by atoms with E-state index in [2.05, 4.69) is 39.4 Å². The van der Waals surface area contributed by atoms with E-state index in [0.29, 0.717) is 18.9 Å². The first kappa shape index (κ1) is 24.2. The second kappa shape index (κ2) is 10.6. The molecule has 1 aromatic rings. The van der Waals surface area contributed by atoms with E-state index in [4.69, 9.17) is 4.74 Å². The number of benzene rings is 1. The molecule has 0 aliphatic carbocycles. The van der Waals surface area contributed by atoms with Gasteiger partial charge in [0.1, 0.15) is 11.5 Å². The third-order valence-corrected chi connectivity index (χ3v) is 5.61. The molecule has 0 aliphatic heterocycles. The lowest BCUT2D eigenvalue weighted by atomic mass is 9.81. The standard InChI is InChI=1S/C22H35F2NO3/c1-7-21(3,4)18-15-17(28-20(23)24)11-12-19(18)27-14-10-9-13-25(16-26)22(5,6)8-2/h11-12,15-16,20H,7-10,13-14H2,1-6H3. The van der Waals surface area contributed by atoms with E-state index in [1.807, 2.05) is 11.8 Å². The number of rotatable bonds is 13. The van der Waals surface area contributed by atoms with Gasteiger partial charge in [0.2, 0.25) is 6.41 Å². The van der Waals surface area contributed by atoms with Crippen molar-refractivity contribution in [1.29, 1.82) is 0 Å². The van der Waals surface area contributed by atoms with E-state index in [-0.39, 0.29) is 16.7 Å². The molecule has 0 atom stereocenters. The van der Waals surface area contributed by atoms with Crippen molar-refractivity contribution in [1.82, 2.24) is 4.90 Å². The lowest BCUT2D eigenvalue weighted by molar-refractivity contribution is -0.123. The molecular weight excluding hydrogens is 364 g/mol. The third kappa shape index (κ3) is 6.95. The van der Waals surface area contributed by atoms with Crippen LogP contribution >= 0.6 is 0 Å².